The third-order valence-electron chi connectivity index (χ3n) is 6.28. The molecule has 2 aromatic heterocycles. The molecule has 3 heterocycles. The number of nitrogens with zero attached hydrogens (tertiary/aromatic N) is 4. The number of aromatic nitrogens is 3. The van der Waals surface area contributed by atoms with Crippen molar-refractivity contribution in [2.75, 3.05) is 11.4 Å². The lowest BCUT2D eigenvalue weighted by Crippen LogP contribution is -2.33. The highest BCUT2D eigenvalue weighted by molar-refractivity contribution is 5.95. The van der Waals surface area contributed by atoms with Crippen LogP contribution < -0.4 is 10.5 Å². The van der Waals surface area contributed by atoms with Crippen molar-refractivity contribution in [3.05, 3.63) is 53.0 Å². The smallest absolute Gasteiger partial charge is 0.325 e. The number of hydrogen-bond donors (Lipinski definition) is 2. The molecule has 2 N–H and O–H groups in total. The van der Waals surface area contributed by atoms with Crippen molar-refractivity contribution in [3.8, 4) is 11.8 Å². The Balaban J connectivity index is 1.66. The maximum absolute atomic E-state index is 14.2. The number of hydrogen-bond acceptors (Lipinski definition) is 5. The van der Waals surface area contributed by atoms with Crippen LogP contribution in [-0.4, -0.2) is 33.1 Å². The molecule has 1 aliphatic heterocycles. The first-order valence-corrected chi connectivity index (χ1v) is 10.8. The molecule has 0 atom stereocenters. The zero-order chi connectivity index (χ0) is 24.3. The van der Waals surface area contributed by atoms with E-state index in [1.165, 1.54) is 17.6 Å². The van der Waals surface area contributed by atoms with Crippen LogP contribution in [0.15, 0.2) is 30.5 Å². The molecule has 34 heavy (non-hydrogen) atoms. The molecule has 1 aromatic carbocycles. The molecule has 1 saturated carbocycles. The van der Waals surface area contributed by atoms with Crippen molar-refractivity contribution in [1.82, 2.24) is 14.5 Å². The lowest BCUT2D eigenvalue weighted by molar-refractivity contribution is -0.168. The summed E-state index contributed by atoms with van der Waals surface area (Å²) < 4.78 is 55.4. The monoisotopic (exact) mass is 468 g/mol. The molecule has 1 fully saturated rings. The summed E-state index contributed by atoms with van der Waals surface area (Å²) in [4.78, 5) is 10.3. The van der Waals surface area contributed by atoms with Gasteiger partial charge in [0.05, 0.1) is 11.6 Å². The highest BCUT2D eigenvalue weighted by Gasteiger charge is 2.62. The number of fused-ring (bicyclic) bond motifs is 2. The zero-order valence-electron chi connectivity index (χ0n) is 18.2. The second kappa shape index (κ2) is 7.65. The van der Waals surface area contributed by atoms with E-state index >= 15 is 0 Å². The Labute approximate surface area is 192 Å². The summed E-state index contributed by atoms with van der Waals surface area (Å²) in [5, 5.41) is 16.7. The Bertz CT molecular complexity index is 1460. The van der Waals surface area contributed by atoms with Crippen molar-refractivity contribution in [1.29, 1.82) is 10.8 Å². The highest BCUT2D eigenvalue weighted by atomic mass is 19.4. The van der Waals surface area contributed by atoms with Crippen molar-refractivity contribution in [2.45, 2.75) is 38.8 Å². The number of alkyl halides is 3. The molecular formula is C24H20F4N6. The van der Waals surface area contributed by atoms with Gasteiger partial charge in [0.1, 0.15) is 22.9 Å². The van der Waals surface area contributed by atoms with Crippen molar-refractivity contribution >= 4 is 28.4 Å². The van der Waals surface area contributed by atoms with E-state index < -0.39 is 17.4 Å². The number of halogens is 4. The number of nitrogens with one attached hydrogen (secondary N) is 2. The van der Waals surface area contributed by atoms with Gasteiger partial charge in [0.2, 0.25) is 5.62 Å². The predicted octanol–water partition coefficient (Wildman–Crippen LogP) is 4.67. The van der Waals surface area contributed by atoms with Crippen LogP contribution in [-0.2, 0) is 6.42 Å². The van der Waals surface area contributed by atoms with Gasteiger partial charge in [-0.1, -0.05) is 17.9 Å². The normalized spacial score (nSPS) is 16.6. The summed E-state index contributed by atoms with van der Waals surface area (Å²) in [5.74, 6) is 4.99. The number of benzene rings is 1. The van der Waals surface area contributed by atoms with Crippen LogP contribution in [0.1, 0.15) is 37.3 Å². The van der Waals surface area contributed by atoms with E-state index in [4.69, 9.17) is 10.8 Å². The third-order valence-corrected chi connectivity index (χ3v) is 6.28. The van der Waals surface area contributed by atoms with Gasteiger partial charge in [-0.2, -0.15) is 18.2 Å². The summed E-state index contributed by atoms with van der Waals surface area (Å²) in [6.45, 7) is 2.00. The fourth-order valence-corrected chi connectivity index (χ4v) is 4.36. The molecule has 0 spiro atoms. The van der Waals surface area contributed by atoms with Crippen LogP contribution in [0.3, 0.4) is 0 Å². The van der Waals surface area contributed by atoms with Crippen LogP contribution in [0, 0.1) is 33.9 Å². The van der Waals surface area contributed by atoms with Gasteiger partial charge in [0.25, 0.3) is 0 Å². The van der Waals surface area contributed by atoms with Gasteiger partial charge < -0.3 is 4.90 Å². The Hall–Kier alpha value is -3.74. The summed E-state index contributed by atoms with van der Waals surface area (Å²) in [7, 11) is 0. The molecule has 0 amide bonds. The summed E-state index contributed by atoms with van der Waals surface area (Å²) in [6.07, 6.45) is -1.99. The van der Waals surface area contributed by atoms with Crippen molar-refractivity contribution < 1.29 is 17.6 Å². The molecule has 0 unspecified atom stereocenters. The summed E-state index contributed by atoms with van der Waals surface area (Å²) >= 11 is 0. The SMILES string of the molecule is CC(=N)n1c(=N)nc(N2CCCc3c(C#CC4(C(F)(F)F)CC4)cccc32)c2cc(F)cnc21. The fraction of sp³-hybridized carbons (Fsp3) is 0.333. The van der Waals surface area contributed by atoms with Crippen LogP contribution in [0.25, 0.3) is 11.0 Å². The van der Waals surface area contributed by atoms with Crippen molar-refractivity contribution in [3.63, 3.8) is 0 Å². The minimum atomic E-state index is -4.35. The molecule has 0 radical (unpaired) electrons. The largest absolute Gasteiger partial charge is 0.405 e. The van der Waals surface area contributed by atoms with Gasteiger partial charge in [-0.15, -0.1) is 0 Å². The Morgan fingerprint density at radius 2 is 2.00 bits per heavy atom. The molecule has 5 rings (SSSR count). The second-order valence-corrected chi connectivity index (χ2v) is 8.59. The Kier molecular flexibility index (Phi) is 4.97. The molecule has 1 aliphatic carbocycles. The summed E-state index contributed by atoms with van der Waals surface area (Å²) in [6, 6.07) is 6.52. The van der Waals surface area contributed by atoms with E-state index in [0.717, 1.165) is 11.8 Å². The molecule has 6 nitrogen and oxygen atoms in total. The van der Waals surface area contributed by atoms with E-state index in [1.807, 2.05) is 11.0 Å². The minimum absolute atomic E-state index is 0.0157. The van der Waals surface area contributed by atoms with Gasteiger partial charge >= 0.3 is 6.18 Å². The van der Waals surface area contributed by atoms with E-state index in [0.29, 0.717) is 41.8 Å². The molecule has 0 saturated heterocycles. The van der Waals surface area contributed by atoms with Crippen LogP contribution >= 0.6 is 0 Å². The third kappa shape index (κ3) is 3.52. The number of anilines is 2. The topological polar surface area (TPSA) is 81.7 Å². The standard InChI is InChI=1S/C24H20F4N6/c1-14(29)34-20-18(12-16(25)13-31-20)21(32-22(34)30)33-11-3-5-17-15(4-2-6-19(17)33)7-8-23(9-10-23)24(26,27)28/h2,4,6,12-13,29-30H,3,5,9-11H2,1H3. The first-order chi connectivity index (χ1) is 16.1. The first-order valence-electron chi connectivity index (χ1n) is 10.8. The van der Waals surface area contributed by atoms with Gasteiger partial charge in [-0.25, -0.2) is 9.37 Å². The van der Waals surface area contributed by atoms with Crippen LogP contribution in [0.2, 0.25) is 0 Å². The molecule has 10 heteroatoms. The van der Waals surface area contributed by atoms with Gasteiger partial charge in [-0.3, -0.25) is 15.4 Å². The molecule has 174 valence electrons. The van der Waals surface area contributed by atoms with Crippen LogP contribution in [0.5, 0.6) is 0 Å². The fourth-order valence-electron chi connectivity index (χ4n) is 4.36. The molecule has 2 aliphatic rings. The number of pyridine rings is 1. The van der Waals surface area contributed by atoms with Crippen LogP contribution in [0.4, 0.5) is 29.1 Å². The van der Waals surface area contributed by atoms with Gasteiger partial charge in [0.15, 0.2) is 5.65 Å². The average Bonchev–Trinajstić information content (AvgIpc) is 3.58. The molecular weight excluding hydrogens is 448 g/mol. The van der Waals surface area contributed by atoms with E-state index in [2.05, 4.69) is 21.8 Å². The highest BCUT2D eigenvalue weighted by Crippen LogP contribution is 2.57. The quantitative estimate of drug-likeness (QED) is 0.236. The lowest BCUT2D eigenvalue weighted by Gasteiger charge is -2.32. The van der Waals surface area contributed by atoms with E-state index in [-0.39, 0.29) is 29.9 Å². The maximum Gasteiger partial charge on any atom is 0.405 e. The molecule has 0 bridgehead atoms. The average molecular weight is 468 g/mol. The van der Waals surface area contributed by atoms with Gasteiger partial charge in [0, 0.05) is 17.8 Å². The minimum Gasteiger partial charge on any atom is -0.325 e. The maximum atomic E-state index is 14.2. The lowest BCUT2D eigenvalue weighted by atomic mass is 9.95. The zero-order valence-corrected chi connectivity index (χ0v) is 18.2. The summed E-state index contributed by atoms with van der Waals surface area (Å²) in [5.41, 5.74) is 0.120. The predicted molar refractivity (Wildman–Crippen MR) is 119 cm³/mol. The van der Waals surface area contributed by atoms with E-state index in [1.54, 1.807) is 12.1 Å². The van der Waals surface area contributed by atoms with Crippen molar-refractivity contribution in [2.24, 2.45) is 5.41 Å². The molecule has 3 aromatic rings. The Morgan fingerprint density at radius 3 is 2.68 bits per heavy atom. The first kappa shape index (κ1) is 22.1. The van der Waals surface area contributed by atoms with E-state index in [9.17, 15) is 17.6 Å². The Morgan fingerprint density at radius 1 is 1.24 bits per heavy atom. The van der Waals surface area contributed by atoms with Gasteiger partial charge in [-0.05, 0) is 56.4 Å². The number of rotatable bonds is 1. The second-order valence-electron chi connectivity index (χ2n) is 8.59.